The van der Waals surface area contributed by atoms with Crippen molar-refractivity contribution in [3.8, 4) is 11.7 Å². The molecule has 0 unspecified atom stereocenters. The summed E-state index contributed by atoms with van der Waals surface area (Å²) < 4.78 is 7.22. The van der Waals surface area contributed by atoms with Crippen molar-refractivity contribution in [1.29, 1.82) is 0 Å². The highest BCUT2D eigenvalue weighted by molar-refractivity contribution is 5.94. The standard InChI is InChI=1S/C18H19N5O2/c1-3-25-16-11-14(6-8-20-16)18(24)22-12-15-5-4-7-21-17(15)23-10-9-19-13(23)2/h4-11H,3,12H2,1-2H3,(H,22,24). The first-order valence-electron chi connectivity index (χ1n) is 8.00. The van der Waals surface area contributed by atoms with Gasteiger partial charge < -0.3 is 10.1 Å². The van der Waals surface area contributed by atoms with Crippen LogP contribution in [0.2, 0.25) is 0 Å². The fraction of sp³-hybridized carbons (Fsp3) is 0.222. The van der Waals surface area contributed by atoms with Crippen LogP contribution >= 0.6 is 0 Å². The van der Waals surface area contributed by atoms with E-state index in [0.717, 1.165) is 17.2 Å². The van der Waals surface area contributed by atoms with Crippen LogP contribution in [0.3, 0.4) is 0 Å². The summed E-state index contributed by atoms with van der Waals surface area (Å²) in [4.78, 5) is 25.1. The average molecular weight is 337 g/mol. The zero-order valence-electron chi connectivity index (χ0n) is 14.1. The summed E-state index contributed by atoms with van der Waals surface area (Å²) >= 11 is 0. The minimum Gasteiger partial charge on any atom is -0.478 e. The second kappa shape index (κ2) is 7.57. The van der Waals surface area contributed by atoms with Gasteiger partial charge in [0.05, 0.1) is 6.61 Å². The predicted octanol–water partition coefficient (Wildman–Crippen LogP) is 2.30. The highest BCUT2D eigenvalue weighted by Gasteiger charge is 2.11. The van der Waals surface area contributed by atoms with Crippen molar-refractivity contribution in [3.05, 3.63) is 66.0 Å². The van der Waals surface area contributed by atoms with Crippen LogP contribution in [0.1, 0.15) is 28.7 Å². The zero-order chi connectivity index (χ0) is 17.6. The first-order chi connectivity index (χ1) is 12.2. The molecular weight excluding hydrogens is 318 g/mol. The predicted molar refractivity (Wildman–Crippen MR) is 92.7 cm³/mol. The van der Waals surface area contributed by atoms with Gasteiger partial charge in [-0.05, 0) is 26.0 Å². The first kappa shape index (κ1) is 16.6. The monoisotopic (exact) mass is 337 g/mol. The average Bonchev–Trinajstić information content (AvgIpc) is 3.06. The fourth-order valence-electron chi connectivity index (χ4n) is 2.44. The maximum atomic E-state index is 12.4. The molecule has 128 valence electrons. The van der Waals surface area contributed by atoms with Gasteiger partial charge in [0.25, 0.3) is 5.91 Å². The lowest BCUT2D eigenvalue weighted by Crippen LogP contribution is -2.24. The summed E-state index contributed by atoms with van der Waals surface area (Å²) in [5, 5.41) is 2.91. The number of aryl methyl sites for hydroxylation is 1. The maximum Gasteiger partial charge on any atom is 0.251 e. The van der Waals surface area contributed by atoms with Crippen LogP contribution in [0.15, 0.2) is 49.1 Å². The Labute approximate surface area is 145 Å². The molecule has 25 heavy (non-hydrogen) atoms. The van der Waals surface area contributed by atoms with Crippen LogP contribution in [0, 0.1) is 6.92 Å². The Balaban J connectivity index is 1.75. The van der Waals surface area contributed by atoms with Crippen molar-refractivity contribution >= 4 is 5.91 Å². The maximum absolute atomic E-state index is 12.4. The molecule has 0 aliphatic carbocycles. The van der Waals surface area contributed by atoms with E-state index in [4.69, 9.17) is 4.74 Å². The molecule has 7 heteroatoms. The summed E-state index contributed by atoms with van der Waals surface area (Å²) in [6.07, 6.45) is 6.85. The third-order valence-electron chi connectivity index (χ3n) is 3.65. The number of amides is 1. The van der Waals surface area contributed by atoms with Crippen LogP contribution in [-0.4, -0.2) is 32.0 Å². The Hall–Kier alpha value is -3.22. The van der Waals surface area contributed by atoms with Gasteiger partial charge in [-0.25, -0.2) is 15.0 Å². The van der Waals surface area contributed by atoms with E-state index >= 15 is 0 Å². The Morgan fingerprint density at radius 3 is 2.84 bits per heavy atom. The Bertz CT molecular complexity index is 875. The van der Waals surface area contributed by atoms with Gasteiger partial charge >= 0.3 is 0 Å². The Morgan fingerprint density at radius 2 is 2.08 bits per heavy atom. The van der Waals surface area contributed by atoms with Gasteiger partial charge in [0.15, 0.2) is 0 Å². The summed E-state index contributed by atoms with van der Waals surface area (Å²) in [7, 11) is 0. The summed E-state index contributed by atoms with van der Waals surface area (Å²) in [6.45, 7) is 4.63. The smallest absolute Gasteiger partial charge is 0.251 e. The van der Waals surface area contributed by atoms with Crippen LogP contribution in [0.25, 0.3) is 5.82 Å². The highest BCUT2D eigenvalue weighted by Crippen LogP contribution is 2.14. The molecule has 0 spiro atoms. The van der Waals surface area contributed by atoms with E-state index in [2.05, 4.69) is 20.3 Å². The minimum absolute atomic E-state index is 0.194. The van der Waals surface area contributed by atoms with E-state index in [0.29, 0.717) is 24.6 Å². The molecule has 7 nitrogen and oxygen atoms in total. The van der Waals surface area contributed by atoms with Gasteiger partial charge in [0.2, 0.25) is 5.88 Å². The van der Waals surface area contributed by atoms with E-state index < -0.39 is 0 Å². The third-order valence-corrected chi connectivity index (χ3v) is 3.65. The van der Waals surface area contributed by atoms with Crippen molar-refractivity contribution < 1.29 is 9.53 Å². The molecule has 0 aliphatic heterocycles. The molecule has 0 atom stereocenters. The van der Waals surface area contributed by atoms with Crippen molar-refractivity contribution in [3.63, 3.8) is 0 Å². The molecule has 0 saturated heterocycles. The number of carbonyl (C=O) groups excluding carboxylic acids is 1. The lowest BCUT2D eigenvalue weighted by Gasteiger charge is -2.11. The number of hydrogen-bond donors (Lipinski definition) is 1. The van der Waals surface area contributed by atoms with Gasteiger partial charge in [0.1, 0.15) is 11.6 Å². The number of pyridine rings is 2. The quantitative estimate of drug-likeness (QED) is 0.746. The molecule has 3 aromatic heterocycles. The molecule has 0 saturated carbocycles. The van der Waals surface area contributed by atoms with Crippen molar-refractivity contribution in [2.24, 2.45) is 0 Å². The van der Waals surface area contributed by atoms with Gasteiger partial charge in [0, 0.05) is 48.5 Å². The molecular formula is C18H19N5O2. The largest absolute Gasteiger partial charge is 0.478 e. The van der Waals surface area contributed by atoms with Gasteiger partial charge in [-0.1, -0.05) is 6.07 Å². The molecule has 0 fully saturated rings. The second-order valence-corrected chi connectivity index (χ2v) is 5.33. The van der Waals surface area contributed by atoms with Crippen LogP contribution in [0.4, 0.5) is 0 Å². The molecule has 3 aromatic rings. The molecule has 0 bridgehead atoms. The molecule has 1 N–H and O–H groups in total. The normalized spacial score (nSPS) is 10.5. The number of aromatic nitrogens is 4. The number of ether oxygens (including phenoxy) is 1. The lowest BCUT2D eigenvalue weighted by atomic mass is 10.2. The molecule has 0 aromatic carbocycles. The van der Waals surface area contributed by atoms with Crippen LogP contribution in [0.5, 0.6) is 5.88 Å². The second-order valence-electron chi connectivity index (χ2n) is 5.33. The zero-order valence-corrected chi connectivity index (χ0v) is 14.1. The molecule has 0 aliphatic rings. The topological polar surface area (TPSA) is 81.9 Å². The van der Waals surface area contributed by atoms with Crippen molar-refractivity contribution in [2.75, 3.05) is 6.61 Å². The van der Waals surface area contributed by atoms with E-state index in [9.17, 15) is 4.79 Å². The van der Waals surface area contributed by atoms with Crippen LogP contribution in [-0.2, 0) is 6.54 Å². The Morgan fingerprint density at radius 1 is 1.20 bits per heavy atom. The number of imidazole rings is 1. The number of nitrogens with zero attached hydrogens (tertiary/aromatic N) is 4. The number of rotatable bonds is 6. The van der Waals surface area contributed by atoms with Crippen LogP contribution < -0.4 is 10.1 Å². The highest BCUT2D eigenvalue weighted by atomic mass is 16.5. The van der Waals surface area contributed by atoms with Crippen molar-refractivity contribution in [2.45, 2.75) is 20.4 Å². The van der Waals surface area contributed by atoms with Gasteiger partial charge in [-0.15, -0.1) is 0 Å². The number of carbonyl (C=O) groups is 1. The SMILES string of the molecule is CCOc1cc(C(=O)NCc2cccnc2-n2ccnc2C)ccn1. The van der Waals surface area contributed by atoms with Gasteiger partial charge in [-0.3, -0.25) is 9.36 Å². The molecule has 1 amide bonds. The first-order valence-corrected chi connectivity index (χ1v) is 8.00. The van der Waals surface area contributed by atoms with Gasteiger partial charge in [-0.2, -0.15) is 0 Å². The number of hydrogen-bond acceptors (Lipinski definition) is 5. The van der Waals surface area contributed by atoms with E-state index in [1.807, 2.05) is 36.7 Å². The summed E-state index contributed by atoms with van der Waals surface area (Å²) in [5.74, 6) is 1.83. The third kappa shape index (κ3) is 3.82. The minimum atomic E-state index is -0.194. The van der Waals surface area contributed by atoms with Crippen molar-refractivity contribution in [1.82, 2.24) is 24.8 Å². The molecule has 0 radical (unpaired) electrons. The summed E-state index contributed by atoms with van der Waals surface area (Å²) in [5.41, 5.74) is 1.40. The van der Waals surface area contributed by atoms with E-state index in [1.165, 1.54) is 0 Å². The molecule has 3 heterocycles. The summed E-state index contributed by atoms with van der Waals surface area (Å²) in [6, 6.07) is 7.06. The van der Waals surface area contributed by atoms with E-state index in [-0.39, 0.29) is 5.91 Å². The van der Waals surface area contributed by atoms with E-state index in [1.54, 1.807) is 30.7 Å². The number of nitrogens with one attached hydrogen (secondary N) is 1. The Kier molecular flexibility index (Phi) is 5.03. The molecule has 3 rings (SSSR count). The lowest BCUT2D eigenvalue weighted by molar-refractivity contribution is 0.0950. The fourth-order valence-corrected chi connectivity index (χ4v) is 2.44.